The van der Waals surface area contributed by atoms with E-state index in [4.69, 9.17) is 0 Å². The lowest BCUT2D eigenvalue weighted by atomic mass is 10.1. The zero-order chi connectivity index (χ0) is 13.9. The molecule has 3 nitrogen and oxygen atoms in total. The molecular formula is C16H26N2O. The van der Waals surface area contributed by atoms with E-state index in [1.54, 1.807) is 0 Å². The molecule has 0 saturated carbocycles. The first-order valence-electron chi connectivity index (χ1n) is 7.20. The summed E-state index contributed by atoms with van der Waals surface area (Å²) in [6.45, 7) is 11.2. The normalized spacial score (nSPS) is 17.8. The second kappa shape index (κ2) is 5.93. The van der Waals surface area contributed by atoms with Crippen molar-refractivity contribution in [1.82, 2.24) is 4.90 Å². The van der Waals surface area contributed by atoms with E-state index in [1.807, 2.05) is 13.8 Å². The topological polar surface area (TPSA) is 26.7 Å². The van der Waals surface area contributed by atoms with Crippen molar-refractivity contribution in [3.63, 3.8) is 0 Å². The molecule has 1 aliphatic rings. The fourth-order valence-electron chi connectivity index (χ4n) is 2.49. The predicted octanol–water partition coefficient (Wildman–Crippen LogP) is 2.28. The van der Waals surface area contributed by atoms with Gasteiger partial charge < -0.3 is 10.0 Å². The quantitative estimate of drug-likeness (QED) is 0.902. The lowest BCUT2D eigenvalue weighted by molar-refractivity contribution is 0.0569. The van der Waals surface area contributed by atoms with Crippen molar-refractivity contribution in [3.05, 3.63) is 29.8 Å². The van der Waals surface area contributed by atoms with Gasteiger partial charge in [0.2, 0.25) is 0 Å². The Balaban J connectivity index is 1.82. The lowest BCUT2D eigenvalue weighted by Crippen LogP contribution is -2.47. The van der Waals surface area contributed by atoms with E-state index in [2.05, 4.69) is 41.0 Å². The summed E-state index contributed by atoms with van der Waals surface area (Å²) in [4.78, 5) is 4.90. The number of anilines is 1. The van der Waals surface area contributed by atoms with Gasteiger partial charge in [0.1, 0.15) is 0 Å². The third kappa shape index (κ3) is 4.51. The highest BCUT2D eigenvalue weighted by atomic mass is 16.3. The van der Waals surface area contributed by atoms with E-state index in [0.29, 0.717) is 0 Å². The predicted molar refractivity (Wildman–Crippen MR) is 80.7 cm³/mol. The average molecular weight is 262 g/mol. The number of rotatable bonds is 4. The molecule has 0 spiro atoms. The van der Waals surface area contributed by atoms with Gasteiger partial charge in [0, 0.05) is 38.4 Å². The number of hydrogen-bond acceptors (Lipinski definition) is 3. The van der Waals surface area contributed by atoms with Gasteiger partial charge in [0.25, 0.3) is 0 Å². The zero-order valence-corrected chi connectivity index (χ0v) is 12.4. The van der Waals surface area contributed by atoms with Gasteiger partial charge in [0.05, 0.1) is 5.60 Å². The largest absolute Gasteiger partial charge is 0.390 e. The standard InChI is InChI=1S/C16H26N2O/c1-14-5-4-6-15(13-14)18-11-9-17(10-12-18)8-7-16(2,3)19/h4-6,13,19H,7-12H2,1-3H3. The highest BCUT2D eigenvalue weighted by Gasteiger charge is 2.20. The first-order valence-corrected chi connectivity index (χ1v) is 7.20. The first-order chi connectivity index (χ1) is 8.94. The minimum absolute atomic E-state index is 0.548. The van der Waals surface area contributed by atoms with E-state index in [9.17, 15) is 5.11 Å². The SMILES string of the molecule is Cc1cccc(N2CCN(CCC(C)(C)O)CC2)c1. The maximum Gasteiger partial charge on any atom is 0.0603 e. The van der Waals surface area contributed by atoms with E-state index >= 15 is 0 Å². The van der Waals surface area contributed by atoms with E-state index in [0.717, 1.165) is 39.1 Å². The summed E-state index contributed by atoms with van der Waals surface area (Å²) in [6, 6.07) is 8.72. The Bertz CT molecular complexity index is 403. The Kier molecular flexibility index (Phi) is 4.48. The van der Waals surface area contributed by atoms with Gasteiger partial charge >= 0.3 is 0 Å². The maximum absolute atomic E-state index is 9.77. The fraction of sp³-hybridized carbons (Fsp3) is 0.625. The number of aryl methyl sites for hydroxylation is 1. The Labute approximate surface area is 116 Å². The molecule has 1 fully saturated rings. The lowest BCUT2D eigenvalue weighted by Gasteiger charge is -2.37. The van der Waals surface area contributed by atoms with Crippen LogP contribution in [0.25, 0.3) is 0 Å². The summed E-state index contributed by atoms with van der Waals surface area (Å²) in [5.41, 5.74) is 2.11. The van der Waals surface area contributed by atoms with Crippen molar-refractivity contribution in [2.45, 2.75) is 32.8 Å². The van der Waals surface area contributed by atoms with Crippen LogP contribution in [0.5, 0.6) is 0 Å². The Morgan fingerprint density at radius 2 is 1.84 bits per heavy atom. The van der Waals surface area contributed by atoms with Crippen molar-refractivity contribution in [3.8, 4) is 0 Å². The monoisotopic (exact) mass is 262 g/mol. The molecule has 19 heavy (non-hydrogen) atoms. The smallest absolute Gasteiger partial charge is 0.0603 e. The average Bonchev–Trinajstić information content (AvgIpc) is 2.36. The first kappa shape index (κ1) is 14.4. The van der Waals surface area contributed by atoms with Gasteiger partial charge in [-0.25, -0.2) is 0 Å². The van der Waals surface area contributed by atoms with Gasteiger partial charge in [-0.1, -0.05) is 12.1 Å². The number of aliphatic hydroxyl groups is 1. The molecular weight excluding hydrogens is 236 g/mol. The molecule has 0 aromatic heterocycles. The Morgan fingerprint density at radius 1 is 1.16 bits per heavy atom. The van der Waals surface area contributed by atoms with Crippen LogP contribution in [-0.4, -0.2) is 48.3 Å². The number of benzene rings is 1. The molecule has 1 aromatic carbocycles. The summed E-state index contributed by atoms with van der Waals surface area (Å²) < 4.78 is 0. The summed E-state index contributed by atoms with van der Waals surface area (Å²) in [6.07, 6.45) is 0.845. The van der Waals surface area contributed by atoms with Gasteiger partial charge in [-0.15, -0.1) is 0 Å². The second-order valence-electron chi connectivity index (χ2n) is 6.23. The van der Waals surface area contributed by atoms with Crippen molar-refractivity contribution in [2.75, 3.05) is 37.6 Å². The van der Waals surface area contributed by atoms with Gasteiger partial charge in [0.15, 0.2) is 0 Å². The van der Waals surface area contributed by atoms with Crippen LogP contribution in [-0.2, 0) is 0 Å². The summed E-state index contributed by atoms with van der Waals surface area (Å²) in [5, 5.41) is 9.77. The van der Waals surface area contributed by atoms with Crippen LogP contribution in [0.15, 0.2) is 24.3 Å². The number of piperazine rings is 1. The van der Waals surface area contributed by atoms with E-state index in [-0.39, 0.29) is 0 Å². The molecule has 0 radical (unpaired) electrons. The summed E-state index contributed by atoms with van der Waals surface area (Å²) in [7, 11) is 0. The van der Waals surface area contributed by atoms with Gasteiger partial charge in [-0.3, -0.25) is 4.90 Å². The Hall–Kier alpha value is -1.06. The van der Waals surface area contributed by atoms with Crippen LogP contribution in [0.2, 0.25) is 0 Å². The van der Waals surface area contributed by atoms with Crippen LogP contribution in [0, 0.1) is 6.92 Å². The molecule has 0 aliphatic carbocycles. The van der Waals surface area contributed by atoms with Crippen LogP contribution in [0.3, 0.4) is 0 Å². The van der Waals surface area contributed by atoms with Gasteiger partial charge in [-0.05, 0) is 44.9 Å². The van der Waals surface area contributed by atoms with Crippen LogP contribution in [0.1, 0.15) is 25.8 Å². The van der Waals surface area contributed by atoms with Crippen molar-refractivity contribution < 1.29 is 5.11 Å². The number of hydrogen-bond donors (Lipinski definition) is 1. The molecule has 1 heterocycles. The molecule has 3 heteroatoms. The van der Waals surface area contributed by atoms with E-state index in [1.165, 1.54) is 11.3 Å². The minimum atomic E-state index is -0.548. The minimum Gasteiger partial charge on any atom is -0.390 e. The molecule has 2 rings (SSSR count). The molecule has 1 N–H and O–H groups in total. The molecule has 0 atom stereocenters. The Morgan fingerprint density at radius 3 is 2.42 bits per heavy atom. The van der Waals surface area contributed by atoms with Gasteiger partial charge in [-0.2, -0.15) is 0 Å². The summed E-state index contributed by atoms with van der Waals surface area (Å²) in [5.74, 6) is 0. The van der Waals surface area contributed by atoms with Crippen LogP contribution >= 0.6 is 0 Å². The molecule has 106 valence electrons. The highest BCUT2D eigenvalue weighted by Crippen LogP contribution is 2.18. The third-order valence-electron chi connectivity index (χ3n) is 3.78. The third-order valence-corrected chi connectivity index (χ3v) is 3.78. The van der Waals surface area contributed by atoms with Crippen LogP contribution in [0.4, 0.5) is 5.69 Å². The molecule has 0 bridgehead atoms. The maximum atomic E-state index is 9.77. The molecule has 1 saturated heterocycles. The van der Waals surface area contributed by atoms with E-state index < -0.39 is 5.60 Å². The van der Waals surface area contributed by atoms with Crippen molar-refractivity contribution in [2.24, 2.45) is 0 Å². The fourth-order valence-corrected chi connectivity index (χ4v) is 2.49. The number of nitrogens with zero attached hydrogens (tertiary/aromatic N) is 2. The molecule has 0 amide bonds. The van der Waals surface area contributed by atoms with Crippen molar-refractivity contribution in [1.29, 1.82) is 0 Å². The molecule has 1 aromatic rings. The second-order valence-corrected chi connectivity index (χ2v) is 6.23. The van der Waals surface area contributed by atoms with Crippen LogP contribution < -0.4 is 4.90 Å². The zero-order valence-electron chi connectivity index (χ0n) is 12.4. The highest BCUT2D eigenvalue weighted by molar-refractivity contribution is 5.48. The molecule has 0 unspecified atom stereocenters. The molecule has 1 aliphatic heterocycles. The van der Waals surface area contributed by atoms with Crippen molar-refractivity contribution >= 4 is 5.69 Å². The summed E-state index contributed by atoms with van der Waals surface area (Å²) >= 11 is 0.